The largest absolute Gasteiger partial charge is 0.505 e. The highest BCUT2D eigenvalue weighted by atomic mass is 16.5. The molecule has 0 bridgehead atoms. The number of hydrogen-bond acceptors (Lipinski definition) is 4. The molecule has 0 amide bonds. The maximum Gasteiger partial charge on any atom is 0.0788 e. The van der Waals surface area contributed by atoms with Gasteiger partial charge >= 0.3 is 0 Å². The lowest BCUT2D eigenvalue weighted by atomic mass is 9.90. The molecule has 0 aliphatic carbocycles. The summed E-state index contributed by atoms with van der Waals surface area (Å²) < 4.78 is 4.97. The number of hydrazine groups is 1. The van der Waals surface area contributed by atoms with Crippen LogP contribution in [0.15, 0.2) is 49.8 Å². The van der Waals surface area contributed by atoms with Crippen molar-refractivity contribution < 1.29 is 4.74 Å². The fourth-order valence-corrected chi connectivity index (χ4v) is 2.20. The zero-order chi connectivity index (χ0) is 16.1. The number of nitrogens with two attached hydrogens (primary N) is 2. The van der Waals surface area contributed by atoms with E-state index in [1.165, 1.54) is 0 Å². The van der Waals surface area contributed by atoms with Crippen LogP contribution in [0.25, 0.3) is 0 Å². The monoisotopic (exact) mass is 293 g/mol. The van der Waals surface area contributed by atoms with Crippen LogP contribution in [-0.4, -0.2) is 13.3 Å². The van der Waals surface area contributed by atoms with Gasteiger partial charge in [0.1, 0.15) is 0 Å². The van der Waals surface area contributed by atoms with E-state index in [9.17, 15) is 0 Å². The van der Waals surface area contributed by atoms with E-state index in [4.69, 9.17) is 16.3 Å². The highest BCUT2D eigenvalue weighted by Crippen LogP contribution is 2.18. The van der Waals surface area contributed by atoms with Crippen molar-refractivity contribution in [3.8, 4) is 0 Å². The summed E-state index contributed by atoms with van der Waals surface area (Å²) in [6.45, 7) is 9.74. The Labute approximate surface area is 129 Å². The summed E-state index contributed by atoms with van der Waals surface area (Å²) in [5.74, 6) is 6.28. The predicted octanol–water partition coefficient (Wildman–Crippen LogP) is 2.86. The van der Waals surface area contributed by atoms with E-state index in [1.54, 1.807) is 13.4 Å². The molecule has 0 aliphatic rings. The molecule has 0 aromatic carbocycles. The summed E-state index contributed by atoms with van der Waals surface area (Å²) in [4.78, 5) is 0. The normalized spacial score (nSPS) is 17.5. The van der Waals surface area contributed by atoms with Crippen LogP contribution < -0.4 is 17.0 Å². The first kappa shape index (κ1) is 19.6. The third-order valence-electron chi connectivity index (χ3n) is 3.60. The van der Waals surface area contributed by atoms with Crippen LogP contribution in [0.3, 0.4) is 0 Å². The van der Waals surface area contributed by atoms with Gasteiger partial charge in [-0.05, 0) is 37.2 Å². The molecule has 5 N–H and O–H groups in total. The molecule has 0 rings (SSSR count). The third kappa shape index (κ3) is 8.50. The van der Waals surface area contributed by atoms with Crippen LogP contribution >= 0.6 is 0 Å². The van der Waals surface area contributed by atoms with Gasteiger partial charge < -0.3 is 10.5 Å². The Morgan fingerprint density at radius 2 is 2.00 bits per heavy atom. The molecule has 0 spiro atoms. The minimum Gasteiger partial charge on any atom is -0.505 e. The second-order valence-electron chi connectivity index (χ2n) is 5.22. The van der Waals surface area contributed by atoms with Gasteiger partial charge in [-0.15, -0.1) is 13.2 Å². The van der Waals surface area contributed by atoms with E-state index in [0.717, 1.165) is 19.3 Å². The van der Waals surface area contributed by atoms with Gasteiger partial charge in [-0.25, -0.2) is 5.43 Å². The third-order valence-corrected chi connectivity index (χ3v) is 3.60. The van der Waals surface area contributed by atoms with E-state index in [1.807, 2.05) is 18.2 Å². The molecule has 0 aromatic heterocycles. The fourth-order valence-electron chi connectivity index (χ4n) is 2.20. The van der Waals surface area contributed by atoms with E-state index < -0.39 is 0 Å². The molecule has 4 nitrogen and oxygen atoms in total. The van der Waals surface area contributed by atoms with Crippen LogP contribution in [0.5, 0.6) is 0 Å². The summed E-state index contributed by atoms with van der Waals surface area (Å²) >= 11 is 0. The van der Waals surface area contributed by atoms with Crippen molar-refractivity contribution in [1.82, 2.24) is 5.43 Å². The van der Waals surface area contributed by atoms with Gasteiger partial charge in [0.2, 0.25) is 0 Å². The van der Waals surface area contributed by atoms with Crippen LogP contribution in [0, 0.1) is 17.8 Å². The Balaban J connectivity index is 4.42. The number of rotatable bonds is 12. The summed E-state index contributed by atoms with van der Waals surface area (Å²) in [5.41, 5.74) is 8.57. The molecule has 0 saturated carbocycles. The van der Waals surface area contributed by atoms with Crippen molar-refractivity contribution in [3.05, 3.63) is 49.8 Å². The summed E-state index contributed by atoms with van der Waals surface area (Å²) in [6, 6.07) is 0. The lowest BCUT2D eigenvalue weighted by Crippen LogP contribution is -2.48. The van der Waals surface area contributed by atoms with Crippen LogP contribution in [0.1, 0.15) is 26.2 Å². The standard InChI is InChI=1S/C17H31N3O/c1-5-9-15(6-2)11-8-7-10-14(3)16(12-13-21-4)17(18)20-19/h5-7,10,12-17,20H,1-2,8-9,11,18-19H2,3-4H3/b10-7+,13-12+/t14-,15?,16?,17?/m0/s1. The summed E-state index contributed by atoms with van der Waals surface area (Å²) in [5, 5.41) is 0. The van der Waals surface area contributed by atoms with Crippen LogP contribution in [0.2, 0.25) is 0 Å². The van der Waals surface area contributed by atoms with E-state index >= 15 is 0 Å². The highest BCUT2D eigenvalue weighted by molar-refractivity contribution is 5.00. The van der Waals surface area contributed by atoms with Crippen LogP contribution in [-0.2, 0) is 4.74 Å². The molecular formula is C17H31N3O. The Morgan fingerprint density at radius 1 is 1.29 bits per heavy atom. The van der Waals surface area contributed by atoms with Crippen molar-refractivity contribution in [2.24, 2.45) is 29.3 Å². The van der Waals surface area contributed by atoms with E-state index in [0.29, 0.717) is 5.92 Å². The summed E-state index contributed by atoms with van der Waals surface area (Å²) in [6.07, 6.45) is 14.7. The molecule has 4 heteroatoms. The number of hydrogen-bond donors (Lipinski definition) is 3. The number of methoxy groups -OCH3 is 1. The Morgan fingerprint density at radius 3 is 2.52 bits per heavy atom. The molecule has 0 radical (unpaired) electrons. The van der Waals surface area contributed by atoms with Gasteiger partial charge in [0, 0.05) is 5.92 Å². The predicted molar refractivity (Wildman–Crippen MR) is 91.0 cm³/mol. The lowest BCUT2D eigenvalue weighted by Gasteiger charge is -2.24. The molecule has 0 aromatic rings. The van der Waals surface area contributed by atoms with Crippen molar-refractivity contribution >= 4 is 0 Å². The van der Waals surface area contributed by atoms with Gasteiger partial charge in [-0.2, -0.15) is 0 Å². The Hall–Kier alpha value is -1.36. The quantitative estimate of drug-likeness (QED) is 0.170. The number of ether oxygens (including phenoxy) is 1. The van der Waals surface area contributed by atoms with Gasteiger partial charge in [0.05, 0.1) is 19.5 Å². The molecule has 0 aliphatic heterocycles. The van der Waals surface area contributed by atoms with Crippen LogP contribution in [0.4, 0.5) is 0 Å². The topological polar surface area (TPSA) is 73.3 Å². The minimum atomic E-state index is -0.308. The smallest absolute Gasteiger partial charge is 0.0788 e. The molecule has 4 atom stereocenters. The molecule has 21 heavy (non-hydrogen) atoms. The van der Waals surface area contributed by atoms with Crippen molar-refractivity contribution in [2.75, 3.05) is 7.11 Å². The Kier molecular flexibility index (Phi) is 11.6. The summed E-state index contributed by atoms with van der Waals surface area (Å²) in [7, 11) is 1.62. The zero-order valence-corrected chi connectivity index (χ0v) is 13.4. The second kappa shape index (κ2) is 12.4. The van der Waals surface area contributed by atoms with Gasteiger partial charge in [0.25, 0.3) is 0 Å². The zero-order valence-electron chi connectivity index (χ0n) is 13.4. The van der Waals surface area contributed by atoms with E-state index in [2.05, 4.69) is 37.7 Å². The molecule has 0 heterocycles. The van der Waals surface area contributed by atoms with E-state index in [-0.39, 0.29) is 18.0 Å². The van der Waals surface area contributed by atoms with Crippen molar-refractivity contribution in [2.45, 2.75) is 32.4 Å². The number of nitrogens with one attached hydrogen (secondary N) is 1. The molecular weight excluding hydrogens is 262 g/mol. The average molecular weight is 293 g/mol. The highest BCUT2D eigenvalue weighted by Gasteiger charge is 2.18. The number of allylic oxidation sites excluding steroid dienone is 4. The van der Waals surface area contributed by atoms with Crippen molar-refractivity contribution in [1.29, 1.82) is 0 Å². The fraction of sp³-hybridized carbons (Fsp3) is 0.529. The lowest BCUT2D eigenvalue weighted by molar-refractivity contribution is 0.316. The van der Waals surface area contributed by atoms with Crippen molar-refractivity contribution in [3.63, 3.8) is 0 Å². The molecule has 0 saturated heterocycles. The SMILES string of the molecule is C=CCC(C=C)CC/C=C/[C@H](C)C(/C=C/OC)C(N)NN. The van der Waals surface area contributed by atoms with Gasteiger partial charge in [-0.1, -0.05) is 31.2 Å². The molecule has 3 unspecified atom stereocenters. The maximum absolute atomic E-state index is 5.97. The molecule has 120 valence electrons. The maximum atomic E-state index is 5.97. The van der Waals surface area contributed by atoms with Gasteiger partial charge in [-0.3, -0.25) is 5.84 Å². The first-order valence-corrected chi connectivity index (χ1v) is 7.41. The minimum absolute atomic E-state index is 0.0783. The average Bonchev–Trinajstić information content (AvgIpc) is 2.50. The second-order valence-corrected chi connectivity index (χ2v) is 5.22. The van der Waals surface area contributed by atoms with Gasteiger partial charge in [0.15, 0.2) is 0 Å². The first-order valence-electron chi connectivity index (χ1n) is 7.41. The molecule has 0 fully saturated rings. The Bertz CT molecular complexity index is 339. The first-order chi connectivity index (χ1) is 10.1.